The highest BCUT2D eigenvalue weighted by atomic mass is 16.5. The average Bonchev–Trinajstić information content (AvgIpc) is 3.17. The number of nitrogens with zero attached hydrogens (tertiary/aromatic N) is 4. The first-order valence-electron chi connectivity index (χ1n) is 8.69. The number of aryl methyl sites for hydroxylation is 1. The molecule has 0 spiro atoms. The summed E-state index contributed by atoms with van der Waals surface area (Å²) in [6.07, 6.45) is 3.31. The third kappa shape index (κ3) is 4.76. The maximum atomic E-state index is 12.3. The van der Waals surface area contributed by atoms with Gasteiger partial charge in [0, 0.05) is 37.0 Å². The van der Waals surface area contributed by atoms with Crippen molar-refractivity contribution in [3.8, 4) is 17.3 Å². The second-order valence-electron chi connectivity index (χ2n) is 5.95. The van der Waals surface area contributed by atoms with E-state index in [1.807, 2.05) is 19.2 Å². The van der Waals surface area contributed by atoms with Crippen LogP contribution in [0.1, 0.15) is 16.1 Å². The Balaban J connectivity index is 1.54. The van der Waals surface area contributed by atoms with Crippen molar-refractivity contribution in [3.05, 3.63) is 54.1 Å². The van der Waals surface area contributed by atoms with Crippen LogP contribution < -0.4 is 20.1 Å². The van der Waals surface area contributed by atoms with Crippen LogP contribution in [-0.2, 0) is 0 Å². The fourth-order valence-electron chi connectivity index (χ4n) is 2.52. The Morgan fingerprint density at radius 2 is 1.82 bits per heavy atom. The Bertz CT molecular complexity index is 934. The summed E-state index contributed by atoms with van der Waals surface area (Å²) in [6.45, 7) is 2.83. The minimum Gasteiger partial charge on any atom is -0.497 e. The van der Waals surface area contributed by atoms with Gasteiger partial charge in [0.05, 0.1) is 19.9 Å². The van der Waals surface area contributed by atoms with Crippen molar-refractivity contribution in [1.29, 1.82) is 0 Å². The second-order valence-corrected chi connectivity index (χ2v) is 5.95. The highest BCUT2D eigenvalue weighted by Gasteiger charge is 2.09. The maximum Gasteiger partial charge on any atom is 0.251 e. The maximum absolute atomic E-state index is 12.3. The largest absolute Gasteiger partial charge is 0.497 e. The van der Waals surface area contributed by atoms with Crippen LogP contribution in [0.3, 0.4) is 0 Å². The van der Waals surface area contributed by atoms with Crippen LogP contribution in [-0.4, -0.2) is 53.0 Å². The topological polar surface area (TPSA) is 103 Å². The zero-order valence-corrected chi connectivity index (χ0v) is 16.0. The van der Waals surface area contributed by atoms with Crippen LogP contribution in [0.25, 0.3) is 5.82 Å². The number of ether oxygens (including phenoxy) is 2. The first-order valence-corrected chi connectivity index (χ1v) is 8.69. The molecule has 3 rings (SSSR count). The van der Waals surface area contributed by atoms with E-state index in [1.165, 1.54) is 6.33 Å². The van der Waals surface area contributed by atoms with Gasteiger partial charge in [-0.25, -0.2) is 14.6 Å². The predicted octanol–water partition coefficient (Wildman–Crippen LogP) is 1.83. The van der Waals surface area contributed by atoms with Crippen molar-refractivity contribution in [2.45, 2.75) is 6.92 Å². The molecule has 2 N–H and O–H groups in total. The van der Waals surface area contributed by atoms with Gasteiger partial charge >= 0.3 is 0 Å². The summed E-state index contributed by atoms with van der Waals surface area (Å²) in [4.78, 5) is 20.7. The van der Waals surface area contributed by atoms with Crippen LogP contribution in [0.5, 0.6) is 11.5 Å². The molecule has 0 radical (unpaired) electrons. The Morgan fingerprint density at radius 3 is 2.46 bits per heavy atom. The molecule has 0 unspecified atom stereocenters. The van der Waals surface area contributed by atoms with E-state index in [-0.39, 0.29) is 5.91 Å². The summed E-state index contributed by atoms with van der Waals surface area (Å²) < 4.78 is 12.1. The predicted molar refractivity (Wildman–Crippen MR) is 104 cm³/mol. The van der Waals surface area contributed by atoms with E-state index >= 15 is 0 Å². The third-order valence-corrected chi connectivity index (χ3v) is 3.94. The molecule has 0 saturated heterocycles. The Kier molecular flexibility index (Phi) is 6.05. The van der Waals surface area contributed by atoms with E-state index in [9.17, 15) is 4.79 Å². The zero-order chi connectivity index (χ0) is 19.9. The zero-order valence-electron chi connectivity index (χ0n) is 16.0. The van der Waals surface area contributed by atoms with Gasteiger partial charge in [-0.15, -0.1) is 0 Å². The number of benzene rings is 1. The molecule has 1 aromatic carbocycles. The Labute approximate surface area is 162 Å². The summed E-state index contributed by atoms with van der Waals surface area (Å²) >= 11 is 0. The number of aromatic nitrogens is 4. The lowest BCUT2D eigenvalue weighted by atomic mass is 10.2. The van der Waals surface area contributed by atoms with Crippen molar-refractivity contribution < 1.29 is 14.3 Å². The molecule has 2 aromatic heterocycles. The Morgan fingerprint density at radius 1 is 1.07 bits per heavy atom. The minimum atomic E-state index is -0.214. The van der Waals surface area contributed by atoms with Gasteiger partial charge in [-0.2, -0.15) is 5.10 Å². The van der Waals surface area contributed by atoms with Crippen molar-refractivity contribution in [2.75, 3.05) is 32.6 Å². The molecule has 0 atom stereocenters. The first kappa shape index (κ1) is 19.2. The number of rotatable bonds is 8. The molecule has 3 aromatic rings. The number of methoxy groups -OCH3 is 2. The number of anilines is 1. The number of amides is 1. The highest BCUT2D eigenvalue weighted by Crippen LogP contribution is 2.22. The van der Waals surface area contributed by atoms with E-state index in [0.717, 1.165) is 5.69 Å². The van der Waals surface area contributed by atoms with Gasteiger partial charge in [0.2, 0.25) is 0 Å². The molecule has 9 heteroatoms. The van der Waals surface area contributed by atoms with Gasteiger partial charge in [-0.05, 0) is 25.1 Å². The molecular weight excluding hydrogens is 360 g/mol. The van der Waals surface area contributed by atoms with E-state index in [2.05, 4.69) is 25.7 Å². The molecule has 1 amide bonds. The normalized spacial score (nSPS) is 10.4. The number of hydrogen-bond acceptors (Lipinski definition) is 7. The summed E-state index contributed by atoms with van der Waals surface area (Å²) in [5, 5.41) is 10.3. The third-order valence-electron chi connectivity index (χ3n) is 3.94. The minimum absolute atomic E-state index is 0.214. The first-order chi connectivity index (χ1) is 13.6. The lowest BCUT2D eigenvalue weighted by Crippen LogP contribution is -2.29. The van der Waals surface area contributed by atoms with Gasteiger partial charge < -0.3 is 20.1 Å². The van der Waals surface area contributed by atoms with Gasteiger partial charge in [-0.1, -0.05) is 0 Å². The van der Waals surface area contributed by atoms with Gasteiger partial charge in [0.15, 0.2) is 5.82 Å². The van der Waals surface area contributed by atoms with Crippen LogP contribution in [0.4, 0.5) is 5.82 Å². The summed E-state index contributed by atoms with van der Waals surface area (Å²) in [7, 11) is 3.09. The van der Waals surface area contributed by atoms with E-state index < -0.39 is 0 Å². The number of carbonyl (C=O) groups excluding carboxylic acids is 1. The summed E-state index contributed by atoms with van der Waals surface area (Å²) in [5.41, 5.74) is 1.37. The van der Waals surface area contributed by atoms with Gasteiger partial charge in [0.1, 0.15) is 23.6 Å². The SMILES string of the molecule is COc1cc(OC)cc(C(=O)NCCNc2cc(-n3ccc(C)n3)ncn2)c1. The highest BCUT2D eigenvalue weighted by molar-refractivity contribution is 5.95. The molecule has 0 saturated carbocycles. The van der Waals surface area contributed by atoms with Crippen LogP contribution in [0.2, 0.25) is 0 Å². The van der Waals surface area contributed by atoms with Crippen LogP contribution in [0, 0.1) is 6.92 Å². The average molecular weight is 382 g/mol. The molecule has 146 valence electrons. The number of hydrogen-bond donors (Lipinski definition) is 2. The van der Waals surface area contributed by atoms with Gasteiger partial charge in [-0.3, -0.25) is 4.79 Å². The van der Waals surface area contributed by atoms with Crippen LogP contribution in [0.15, 0.2) is 42.9 Å². The smallest absolute Gasteiger partial charge is 0.251 e. The van der Waals surface area contributed by atoms with E-state index in [1.54, 1.807) is 43.2 Å². The van der Waals surface area contributed by atoms with Crippen LogP contribution >= 0.6 is 0 Å². The summed E-state index contributed by atoms with van der Waals surface area (Å²) in [6, 6.07) is 8.73. The summed E-state index contributed by atoms with van der Waals surface area (Å²) in [5.74, 6) is 2.22. The number of carbonyl (C=O) groups is 1. The quantitative estimate of drug-likeness (QED) is 0.573. The standard InChI is InChI=1S/C19H22N6O3/c1-13-4-7-25(24-13)18-11-17(22-12-23-18)20-5-6-21-19(26)14-8-15(27-2)10-16(9-14)28-3/h4,7-12H,5-6H2,1-3H3,(H,21,26)(H,20,22,23). The van der Waals surface area contributed by atoms with Gasteiger partial charge in [0.25, 0.3) is 5.91 Å². The number of nitrogens with one attached hydrogen (secondary N) is 2. The monoisotopic (exact) mass is 382 g/mol. The molecule has 28 heavy (non-hydrogen) atoms. The van der Waals surface area contributed by atoms with Crippen molar-refractivity contribution in [1.82, 2.24) is 25.1 Å². The molecule has 2 heterocycles. The second kappa shape index (κ2) is 8.85. The fraction of sp³-hybridized carbons (Fsp3) is 0.263. The molecule has 0 aliphatic carbocycles. The molecule has 0 aliphatic rings. The molecular formula is C19H22N6O3. The molecule has 0 bridgehead atoms. The van der Waals surface area contributed by atoms with Crippen molar-refractivity contribution in [3.63, 3.8) is 0 Å². The lowest BCUT2D eigenvalue weighted by Gasteiger charge is -2.10. The Hall–Kier alpha value is -3.62. The van der Waals surface area contributed by atoms with Crippen molar-refractivity contribution in [2.24, 2.45) is 0 Å². The van der Waals surface area contributed by atoms with E-state index in [4.69, 9.17) is 9.47 Å². The molecule has 9 nitrogen and oxygen atoms in total. The fourth-order valence-corrected chi connectivity index (χ4v) is 2.52. The van der Waals surface area contributed by atoms with Crippen molar-refractivity contribution >= 4 is 11.7 Å². The lowest BCUT2D eigenvalue weighted by molar-refractivity contribution is 0.0954. The molecule has 0 fully saturated rings. The molecule has 0 aliphatic heterocycles. The van der Waals surface area contributed by atoms with E-state index in [0.29, 0.717) is 41.8 Å².